The second kappa shape index (κ2) is 8.08. The first kappa shape index (κ1) is 16.7. The van der Waals surface area contributed by atoms with E-state index in [1.54, 1.807) is 18.2 Å². The van der Waals surface area contributed by atoms with Gasteiger partial charge in [-0.05, 0) is 42.5 Å². The van der Waals surface area contributed by atoms with Crippen LogP contribution in [-0.4, -0.2) is 19.0 Å². The Morgan fingerprint density at radius 3 is 2.64 bits per heavy atom. The molecule has 2 rings (SSSR count). The summed E-state index contributed by atoms with van der Waals surface area (Å²) >= 11 is 7.44. The Labute approximate surface area is 138 Å². The SMILES string of the molecule is C=CC[NH+](CC(=O)Nc1ccc(F)cc1)Cc1ccc(Cl)s1. The summed E-state index contributed by atoms with van der Waals surface area (Å²) < 4.78 is 13.6. The van der Waals surface area contributed by atoms with E-state index in [0.29, 0.717) is 25.3 Å². The molecule has 1 amide bonds. The minimum atomic E-state index is -0.327. The molecule has 0 aliphatic rings. The molecule has 6 heteroatoms. The number of benzene rings is 1. The van der Waals surface area contributed by atoms with E-state index in [9.17, 15) is 9.18 Å². The fraction of sp³-hybridized carbons (Fsp3) is 0.188. The lowest BCUT2D eigenvalue weighted by Gasteiger charge is -2.16. The van der Waals surface area contributed by atoms with Gasteiger partial charge in [0.15, 0.2) is 6.54 Å². The zero-order chi connectivity index (χ0) is 15.9. The van der Waals surface area contributed by atoms with Crippen LogP contribution in [0.2, 0.25) is 4.34 Å². The van der Waals surface area contributed by atoms with Gasteiger partial charge in [0.25, 0.3) is 5.91 Å². The highest BCUT2D eigenvalue weighted by atomic mass is 35.5. The van der Waals surface area contributed by atoms with Crippen LogP contribution in [-0.2, 0) is 11.3 Å². The Hall–Kier alpha value is -1.69. The minimum absolute atomic E-state index is 0.119. The number of hydrogen-bond acceptors (Lipinski definition) is 2. The molecule has 1 heterocycles. The average Bonchev–Trinajstić information content (AvgIpc) is 2.87. The Kier molecular flexibility index (Phi) is 6.12. The van der Waals surface area contributed by atoms with E-state index in [4.69, 9.17) is 11.6 Å². The van der Waals surface area contributed by atoms with Crippen molar-refractivity contribution in [1.29, 1.82) is 0 Å². The summed E-state index contributed by atoms with van der Waals surface area (Å²) in [6.07, 6.45) is 1.79. The predicted molar refractivity (Wildman–Crippen MR) is 89.0 cm³/mol. The summed E-state index contributed by atoms with van der Waals surface area (Å²) in [7, 11) is 0. The van der Waals surface area contributed by atoms with E-state index in [2.05, 4.69) is 11.9 Å². The maximum atomic E-state index is 12.8. The third kappa shape index (κ3) is 5.26. The Bertz CT molecular complexity index is 642. The lowest BCUT2D eigenvalue weighted by molar-refractivity contribution is -0.899. The quantitative estimate of drug-likeness (QED) is 0.747. The van der Waals surface area contributed by atoms with Crippen molar-refractivity contribution in [1.82, 2.24) is 0 Å². The first-order valence-electron chi connectivity index (χ1n) is 6.81. The third-order valence-electron chi connectivity index (χ3n) is 3.02. The van der Waals surface area contributed by atoms with E-state index in [-0.39, 0.29) is 11.7 Å². The van der Waals surface area contributed by atoms with Crippen LogP contribution in [0.4, 0.5) is 10.1 Å². The van der Waals surface area contributed by atoms with Crippen LogP contribution >= 0.6 is 22.9 Å². The van der Waals surface area contributed by atoms with Gasteiger partial charge in [-0.1, -0.05) is 18.2 Å². The molecule has 0 aliphatic carbocycles. The smallest absolute Gasteiger partial charge is 0.279 e. The molecule has 22 heavy (non-hydrogen) atoms. The highest BCUT2D eigenvalue weighted by Crippen LogP contribution is 2.20. The summed E-state index contributed by atoms with van der Waals surface area (Å²) in [6.45, 7) is 5.42. The van der Waals surface area contributed by atoms with E-state index >= 15 is 0 Å². The van der Waals surface area contributed by atoms with Gasteiger partial charge in [-0.15, -0.1) is 11.3 Å². The first-order chi connectivity index (χ1) is 10.6. The zero-order valence-corrected chi connectivity index (χ0v) is 13.5. The summed E-state index contributed by atoms with van der Waals surface area (Å²) in [5.74, 6) is -0.447. The van der Waals surface area contributed by atoms with Crippen molar-refractivity contribution in [3.63, 3.8) is 0 Å². The van der Waals surface area contributed by atoms with Crippen LogP contribution in [0.3, 0.4) is 0 Å². The normalized spacial score (nSPS) is 11.9. The molecular weight excluding hydrogens is 323 g/mol. The topological polar surface area (TPSA) is 33.5 Å². The average molecular weight is 340 g/mol. The van der Waals surface area contributed by atoms with Crippen molar-refractivity contribution in [2.45, 2.75) is 6.54 Å². The van der Waals surface area contributed by atoms with Crippen LogP contribution in [0.1, 0.15) is 4.88 Å². The molecule has 0 radical (unpaired) electrons. The molecule has 0 spiro atoms. The van der Waals surface area contributed by atoms with Crippen LogP contribution < -0.4 is 10.2 Å². The van der Waals surface area contributed by atoms with E-state index in [0.717, 1.165) is 14.1 Å². The summed E-state index contributed by atoms with van der Waals surface area (Å²) in [6, 6.07) is 9.54. The maximum absolute atomic E-state index is 12.8. The van der Waals surface area contributed by atoms with Gasteiger partial charge in [-0.2, -0.15) is 0 Å². The van der Waals surface area contributed by atoms with Gasteiger partial charge >= 0.3 is 0 Å². The number of halogens is 2. The number of amides is 1. The van der Waals surface area contributed by atoms with Gasteiger partial charge in [0.2, 0.25) is 0 Å². The molecule has 0 saturated carbocycles. The molecular formula is C16H17ClFN2OS+. The number of carbonyl (C=O) groups excluding carboxylic acids is 1. The predicted octanol–water partition coefficient (Wildman–Crippen LogP) is 2.75. The molecule has 0 aliphatic heterocycles. The summed E-state index contributed by atoms with van der Waals surface area (Å²) in [4.78, 5) is 14.3. The van der Waals surface area contributed by atoms with Crippen molar-refractivity contribution >= 4 is 34.5 Å². The van der Waals surface area contributed by atoms with Crippen molar-refractivity contribution in [2.24, 2.45) is 0 Å². The molecule has 116 valence electrons. The van der Waals surface area contributed by atoms with Gasteiger partial charge < -0.3 is 10.2 Å². The Morgan fingerprint density at radius 1 is 1.32 bits per heavy atom. The number of rotatable bonds is 7. The number of quaternary nitrogens is 1. The fourth-order valence-electron chi connectivity index (χ4n) is 2.07. The second-order valence-corrected chi connectivity index (χ2v) is 6.66. The molecule has 2 N–H and O–H groups in total. The van der Waals surface area contributed by atoms with Crippen LogP contribution in [0.25, 0.3) is 0 Å². The lowest BCUT2D eigenvalue weighted by atomic mass is 10.3. The number of thiophene rings is 1. The van der Waals surface area contributed by atoms with Gasteiger partial charge in [0, 0.05) is 5.69 Å². The van der Waals surface area contributed by atoms with E-state index in [1.807, 2.05) is 12.1 Å². The molecule has 0 fully saturated rings. The number of hydrogen-bond donors (Lipinski definition) is 2. The molecule has 1 aromatic carbocycles. The van der Waals surface area contributed by atoms with Crippen molar-refractivity contribution in [2.75, 3.05) is 18.4 Å². The van der Waals surface area contributed by atoms with E-state index in [1.165, 1.54) is 23.5 Å². The zero-order valence-electron chi connectivity index (χ0n) is 11.9. The number of anilines is 1. The van der Waals surface area contributed by atoms with Crippen molar-refractivity contribution in [3.8, 4) is 0 Å². The first-order valence-corrected chi connectivity index (χ1v) is 8.00. The molecule has 0 bridgehead atoms. The fourth-order valence-corrected chi connectivity index (χ4v) is 3.23. The molecule has 1 unspecified atom stereocenters. The monoisotopic (exact) mass is 339 g/mol. The third-order valence-corrected chi connectivity index (χ3v) is 4.26. The second-order valence-electron chi connectivity index (χ2n) is 4.86. The molecule has 3 nitrogen and oxygen atoms in total. The van der Waals surface area contributed by atoms with E-state index < -0.39 is 0 Å². The summed E-state index contributed by atoms with van der Waals surface area (Å²) in [5.41, 5.74) is 0.587. The Morgan fingerprint density at radius 2 is 2.05 bits per heavy atom. The van der Waals surface area contributed by atoms with Gasteiger partial charge in [-0.3, -0.25) is 4.79 Å². The summed E-state index contributed by atoms with van der Waals surface area (Å²) in [5, 5.41) is 2.77. The van der Waals surface area contributed by atoms with Crippen LogP contribution in [0, 0.1) is 5.82 Å². The number of nitrogens with one attached hydrogen (secondary N) is 2. The highest BCUT2D eigenvalue weighted by molar-refractivity contribution is 7.16. The molecule has 1 aromatic heterocycles. The standard InChI is InChI=1S/C16H16ClFN2OS/c1-2-9-20(10-14-7-8-15(17)22-14)11-16(21)19-13-5-3-12(18)4-6-13/h2-8H,1,9-11H2,(H,19,21)/p+1. The maximum Gasteiger partial charge on any atom is 0.279 e. The number of carbonyl (C=O) groups is 1. The molecule has 0 saturated heterocycles. The largest absolute Gasteiger partial charge is 0.321 e. The highest BCUT2D eigenvalue weighted by Gasteiger charge is 2.15. The van der Waals surface area contributed by atoms with Gasteiger partial charge in [0.1, 0.15) is 12.4 Å². The van der Waals surface area contributed by atoms with Crippen LogP contribution in [0.5, 0.6) is 0 Å². The Balaban J connectivity index is 1.93. The van der Waals surface area contributed by atoms with Crippen LogP contribution in [0.15, 0.2) is 49.1 Å². The van der Waals surface area contributed by atoms with Gasteiger partial charge in [-0.25, -0.2) is 4.39 Å². The van der Waals surface area contributed by atoms with Crippen molar-refractivity contribution < 1.29 is 14.1 Å². The molecule has 2 aromatic rings. The minimum Gasteiger partial charge on any atom is -0.321 e. The lowest BCUT2D eigenvalue weighted by Crippen LogP contribution is -3.11. The van der Waals surface area contributed by atoms with Gasteiger partial charge in [0.05, 0.1) is 15.8 Å². The van der Waals surface area contributed by atoms with Crippen molar-refractivity contribution in [3.05, 3.63) is 64.1 Å². The molecule has 1 atom stereocenters.